The van der Waals surface area contributed by atoms with E-state index in [4.69, 9.17) is 5.11 Å². The summed E-state index contributed by atoms with van der Waals surface area (Å²) in [6, 6.07) is 2.92. The molecule has 0 aliphatic rings. The van der Waals surface area contributed by atoms with Crippen LogP contribution < -0.4 is 0 Å². The average molecular weight is 276 g/mol. The van der Waals surface area contributed by atoms with Crippen LogP contribution in [0.25, 0.3) is 0 Å². The summed E-state index contributed by atoms with van der Waals surface area (Å²) >= 11 is 0. The Hall–Kier alpha value is -2.05. The molecule has 7 heteroatoms. The zero-order chi connectivity index (χ0) is 14.8. The van der Waals surface area contributed by atoms with Gasteiger partial charge in [-0.15, -0.1) is 0 Å². The van der Waals surface area contributed by atoms with Gasteiger partial charge in [0.05, 0.1) is 11.1 Å². The van der Waals surface area contributed by atoms with Gasteiger partial charge in [-0.1, -0.05) is 12.1 Å². The second kappa shape index (κ2) is 5.29. The zero-order valence-corrected chi connectivity index (χ0v) is 10.2. The van der Waals surface area contributed by atoms with E-state index in [0.29, 0.717) is 0 Å². The number of carboxylic acids is 1. The normalized spacial score (nSPS) is 11.2. The molecule has 1 N–H and O–H groups in total. The van der Waals surface area contributed by atoms with E-state index >= 15 is 0 Å². The molecular weight excluding hydrogens is 265 g/mol. The number of hydrogen-bond donors (Lipinski definition) is 1. The van der Waals surface area contributed by atoms with Gasteiger partial charge in [-0.2, -0.15) is 13.2 Å². The van der Waals surface area contributed by atoms with Crippen LogP contribution in [0.15, 0.2) is 12.1 Å². The fraction of sp³-hybridized carbons (Fsp3) is 0.333. The largest absolute Gasteiger partial charge is 0.478 e. The van der Waals surface area contributed by atoms with Gasteiger partial charge in [0.1, 0.15) is 0 Å². The molecule has 0 amide bonds. The van der Waals surface area contributed by atoms with E-state index in [1.807, 2.05) is 0 Å². The molecule has 0 fully saturated rings. The number of carboxylic acid groups (broad SMARTS) is 1. The van der Waals surface area contributed by atoms with Crippen molar-refractivity contribution in [3.63, 3.8) is 0 Å². The van der Waals surface area contributed by atoms with Crippen molar-refractivity contribution < 1.29 is 32.6 Å². The van der Waals surface area contributed by atoms with Crippen LogP contribution in [0.1, 0.15) is 31.8 Å². The first-order valence-corrected chi connectivity index (χ1v) is 5.21. The predicted molar refractivity (Wildman–Crippen MR) is 59.2 cm³/mol. The van der Waals surface area contributed by atoms with E-state index in [2.05, 4.69) is 4.74 Å². The Morgan fingerprint density at radius 2 is 1.63 bits per heavy atom. The van der Waals surface area contributed by atoms with Gasteiger partial charge in [-0.05, 0) is 25.0 Å². The second-order valence-corrected chi connectivity index (χ2v) is 3.95. The highest BCUT2D eigenvalue weighted by Gasteiger charge is 2.31. The predicted octanol–water partition coefficient (Wildman–Crippen LogP) is 2.72. The number of aryl methyl sites for hydroxylation is 2. The lowest BCUT2D eigenvalue weighted by atomic mass is 9.97. The number of rotatable bonds is 3. The summed E-state index contributed by atoms with van der Waals surface area (Å²) in [6.45, 7) is 1.12. The van der Waals surface area contributed by atoms with Crippen LogP contribution in [0, 0.1) is 13.8 Å². The Kier molecular flexibility index (Phi) is 4.18. The molecule has 1 aromatic rings. The molecule has 0 radical (unpaired) electrons. The minimum Gasteiger partial charge on any atom is -0.478 e. The topological polar surface area (TPSA) is 63.6 Å². The Bertz CT molecular complexity index is 520. The highest BCUT2D eigenvalue weighted by molar-refractivity contribution is 6.04. The summed E-state index contributed by atoms with van der Waals surface area (Å²) in [5, 5.41) is 9.02. The maximum absolute atomic E-state index is 12.0. The molecule has 19 heavy (non-hydrogen) atoms. The lowest BCUT2D eigenvalue weighted by Gasteiger charge is -2.13. The van der Waals surface area contributed by atoms with Crippen molar-refractivity contribution in [3.05, 3.63) is 34.4 Å². The smallest absolute Gasteiger partial charge is 0.422 e. The first kappa shape index (κ1) is 15.0. The van der Waals surface area contributed by atoms with E-state index in [1.54, 1.807) is 0 Å². The Labute approximate surface area is 106 Å². The standard InChI is InChI=1S/C12H11F3O4/c1-6-3-4-7(2)9(8(6)10(16)17)11(18)19-5-12(13,14)15/h3-4H,5H2,1-2H3,(H,16,17). The fourth-order valence-electron chi connectivity index (χ4n) is 1.57. The van der Waals surface area contributed by atoms with E-state index in [9.17, 15) is 22.8 Å². The number of alkyl halides is 3. The van der Waals surface area contributed by atoms with E-state index in [-0.39, 0.29) is 22.3 Å². The highest BCUT2D eigenvalue weighted by Crippen LogP contribution is 2.21. The van der Waals surface area contributed by atoms with Crippen LogP contribution >= 0.6 is 0 Å². The fourth-order valence-corrected chi connectivity index (χ4v) is 1.57. The van der Waals surface area contributed by atoms with Crippen molar-refractivity contribution in [2.24, 2.45) is 0 Å². The number of carbonyl (C=O) groups excluding carboxylic acids is 1. The highest BCUT2D eigenvalue weighted by atomic mass is 19.4. The van der Waals surface area contributed by atoms with Crippen LogP contribution in [-0.4, -0.2) is 29.8 Å². The SMILES string of the molecule is Cc1ccc(C)c(C(=O)OCC(F)(F)F)c1C(=O)O. The van der Waals surface area contributed by atoms with Gasteiger partial charge in [0.2, 0.25) is 0 Å². The summed E-state index contributed by atoms with van der Waals surface area (Å²) < 4.78 is 40.0. The van der Waals surface area contributed by atoms with Crippen molar-refractivity contribution in [1.29, 1.82) is 0 Å². The molecule has 0 aliphatic carbocycles. The first-order valence-electron chi connectivity index (χ1n) is 5.21. The average Bonchev–Trinajstić information content (AvgIpc) is 2.27. The number of carbonyl (C=O) groups is 2. The summed E-state index contributed by atoms with van der Waals surface area (Å²) in [6.07, 6.45) is -4.66. The van der Waals surface area contributed by atoms with Gasteiger partial charge < -0.3 is 9.84 Å². The van der Waals surface area contributed by atoms with Crippen molar-refractivity contribution in [3.8, 4) is 0 Å². The van der Waals surface area contributed by atoms with Gasteiger partial charge >= 0.3 is 18.1 Å². The van der Waals surface area contributed by atoms with Gasteiger partial charge in [0.15, 0.2) is 6.61 Å². The number of benzene rings is 1. The maximum atomic E-state index is 12.0. The van der Waals surface area contributed by atoms with E-state index in [1.165, 1.54) is 26.0 Å². The van der Waals surface area contributed by atoms with Crippen LogP contribution in [-0.2, 0) is 4.74 Å². The molecule has 0 atom stereocenters. The van der Waals surface area contributed by atoms with Crippen LogP contribution in [0.3, 0.4) is 0 Å². The Balaban J connectivity index is 3.15. The number of ether oxygens (including phenoxy) is 1. The summed E-state index contributed by atoms with van der Waals surface area (Å²) in [7, 11) is 0. The molecule has 0 bridgehead atoms. The van der Waals surface area contributed by atoms with Gasteiger partial charge in [0.25, 0.3) is 0 Å². The van der Waals surface area contributed by atoms with Crippen molar-refractivity contribution in [1.82, 2.24) is 0 Å². The number of halogens is 3. The van der Waals surface area contributed by atoms with Gasteiger partial charge in [-0.3, -0.25) is 0 Å². The van der Waals surface area contributed by atoms with Crippen molar-refractivity contribution >= 4 is 11.9 Å². The van der Waals surface area contributed by atoms with Gasteiger partial charge in [-0.25, -0.2) is 9.59 Å². The molecule has 1 rings (SSSR count). The number of esters is 1. The third kappa shape index (κ3) is 3.70. The van der Waals surface area contributed by atoms with E-state index in [0.717, 1.165) is 0 Å². The van der Waals surface area contributed by atoms with Crippen molar-refractivity contribution in [2.75, 3.05) is 6.61 Å². The minimum atomic E-state index is -4.66. The molecule has 4 nitrogen and oxygen atoms in total. The lowest BCUT2D eigenvalue weighted by molar-refractivity contribution is -0.161. The minimum absolute atomic E-state index is 0.246. The van der Waals surface area contributed by atoms with Crippen molar-refractivity contribution in [2.45, 2.75) is 20.0 Å². The summed E-state index contributed by atoms with van der Waals surface area (Å²) in [5.41, 5.74) is -0.170. The lowest BCUT2D eigenvalue weighted by Crippen LogP contribution is -2.22. The molecule has 0 aromatic heterocycles. The summed E-state index contributed by atoms with van der Waals surface area (Å²) in [5.74, 6) is -2.68. The quantitative estimate of drug-likeness (QED) is 0.862. The molecule has 0 unspecified atom stereocenters. The zero-order valence-electron chi connectivity index (χ0n) is 10.2. The van der Waals surface area contributed by atoms with Gasteiger partial charge in [0, 0.05) is 0 Å². The molecular formula is C12H11F3O4. The monoisotopic (exact) mass is 276 g/mol. The van der Waals surface area contributed by atoms with Crippen LogP contribution in [0.5, 0.6) is 0 Å². The molecule has 0 saturated carbocycles. The molecule has 0 aliphatic heterocycles. The molecule has 1 aromatic carbocycles. The van der Waals surface area contributed by atoms with Crippen LogP contribution in [0.2, 0.25) is 0 Å². The third-order valence-corrected chi connectivity index (χ3v) is 2.41. The Morgan fingerprint density at radius 1 is 1.16 bits per heavy atom. The number of aromatic carboxylic acids is 1. The third-order valence-electron chi connectivity index (χ3n) is 2.41. The maximum Gasteiger partial charge on any atom is 0.422 e. The first-order chi connectivity index (χ1) is 8.63. The van der Waals surface area contributed by atoms with Crippen LogP contribution in [0.4, 0.5) is 13.2 Å². The molecule has 0 heterocycles. The molecule has 0 saturated heterocycles. The van der Waals surface area contributed by atoms with E-state index < -0.39 is 24.7 Å². The summed E-state index contributed by atoms with van der Waals surface area (Å²) in [4.78, 5) is 22.7. The second-order valence-electron chi connectivity index (χ2n) is 3.95. The molecule has 0 spiro atoms. The Morgan fingerprint density at radius 3 is 2.05 bits per heavy atom. The molecule has 104 valence electrons. The number of hydrogen-bond acceptors (Lipinski definition) is 3.